The summed E-state index contributed by atoms with van der Waals surface area (Å²) in [6.07, 6.45) is 8.50. The molecule has 0 saturated carbocycles. The fourth-order valence-electron chi connectivity index (χ4n) is 2.19. The molecule has 0 aliphatic rings. The first kappa shape index (κ1) is 19.6. The number of ether oxygens (including phenoxy) is 1. The van der Waals surface area contributed by atoms with Gasteiger partial charge in [0.25, 0.3) is 0 Å². The number of carboxylic acid groups (broad SMARTS) is 1. The highest BCUT2D eigenvalue weighted by Crippen LogP contribution is 2.22. The van der Waals surface area contributed by atoms with E-state index in [1.54, 1.807) is 6.92 Å². The predicted octanol–water partition coefficient (Wildman–Crippen LogP) is 4.95. The second-order valence-electron chi connectivity index (χ2n) is 5.46. The van der Waals surface area contributed by atoms with Gasteiger partial charge in [0.1, 0.15) is 12.4 Å². The van der Waals surface area contributed by atoms with Crippen LogP contribution in [0.3, 0.4) is 0 Å². The van der Waals surface area contributed by atoms with E-state index < -0.39 is 5.97 Å². The molecule has 1 aromatic carbocycles. The van der Waals surface area contributed by atoms with Gasteiger partial charge in [-0.15, -0.1) is 5.92 Å². The Balaban J connectivity index is 2.69. The molecule has 3 nitrogen and oxygen atoms in total. The van der Waals surface area contributed by atoms with E-state index in [2.05, 4.69) is 30.9 Å². The van der Waals surface area contributed by atoms with Crippen molar-refractivity contribution in [2.75, 3.05) is 6.61 Å². The van der Waals surface area contributed by atoms with Crippen molar-refractivity contribution in [3.05, 3.63) is 53.6 Å². The summed E-state index contributed by atoms with van der Waals surface area (Å²) in [4.78, 5) is 10.9. The van der Waals surface area contributed by atoms with Gasteiger partial charge in [-0.2, -0.15) is 0 Å². The molecule has 1 N–H and O–H groups in total. The van der Waals surface area contributed by atoms with E-state index in [1.165, 1.54) is 0 Å². The van der Waals surface area contributed by atoms with E-state index in [-0.39, 0.29) is 12.3 Å². The van der Waals surface area contributed by atoms with Gasteiger partial charge in [-0.1, -0.05) is 49.6 Å². The minimum absolute atomic E-state index is 0.00594. The van der Waals surface area contributed by atoms with Gasteiger partial charge >= 0.3 is 5.97 Å². The van der Waals surface area contributed by atoms with Crippen molar-refractivity contribution in [3.8, 4) is 17.6 Å². The quantitative estimate of drug-likeness (QED) is 0.516. The van der Waals surface area contributed by atoms with Crippen LogP contribution in [0.5, 0.6) is 5.75 Å². The zero-order valence-corrected chi connectivity index (χ0v) is 14.7. The maximum Gasteiger partial charge on any atom is 0.304 e. The van der Waals surface area contributed by atoms with E-state index in [1.807, 2.05) is 37.3 Å². The normalized spacial score (nSPS) is 12.5. The van der Waals surface area contributed by atoms with Gasteiger partial charge in [0, 0.05) is 0 Å². The second-order valence-corrected chi connectivity index (χ2v) is 5.46. The zero-order valence-electron chi connectivity index (χ0n) is 14.7. The third-order valence-corrected chi connectivity index (χ3v) is 3.54. The molecule has 0 aliphatic carbocycles. The van der Waals surface area contributed by atoms with Crippen molar-refractivity contribution in [3.63, 3.8) is 0 Å². The van der Waals surface area contributed by atoms with Gasteiger partial charge in [0.05, 0.1) is 12.3 Å². The van der Waals surface area contributed by atoms with Crippen molar-refractivity contribution in [2.24, 2.45) is 0 Å². The second kappa shape index (κ2) is 11.1. The number of rotatable bonds is 9. The molecule has 1 atom stereocenters. The molecule has 24 heavy (non-hydrogen) atoms. The van der Waals surface area contributed by atoms with Crippen LogP contribution in [-0.4, -0.2) is 17.7 Å². The fraction of sp³-hybridized carbons (Fsp3) is 0.381. The van der Waals surface area contributed by atoms with Crippen LogP contribution in [-0.2, 0) is 4.79 Å². The number of carboxylic acids is 1. The third kappa shape index (κ3) is 7.19. The summed E-state index contributed by atoms with van der Waals surface area (Å²) < 4.78 is 5.79. The van der Waals surface area contributed by atoms with Gasteiger partial charge in [-0.25, -0.2) is 0 Å². The summed E-state index contributed by atoms with van der Waals surface area (Å²) in [7, 11) is 0. The monoisotopic (exact) mass is 326 g/mol. The summed E-state index contributed by atoms with van der Waals surface area (Å²) in [6, 6.07) is 7.50. The van der Waals surface area contributed by atoms with Crippen LogP contribution in [0.15, 0.2) is 48.1 Å². The molecule has 1 rings (SSSR count). The Morgan fingerprint density at radius 3 is 2.58 bits per heavy atom. The van der Waals surface area contributed by atoms with Crippen LogP contribution >= 0.6 is 0 Å². The number of hydrogen-bond donors (Lipinski definition) is 1. The van der Waals surface area contributed by atoms with E-state index >= 15 is 0 Å². The molecule has 0 bridgehead atoms. The molecule has 0 aliphatic heterocycles. The first-order chi connectivity index (χ1) is 11.6. The van der Waals surface area contributed by atoms with Gasteiger partial charge < -0.3 is 9.84 Å². The Hall–Kier alpha value is -2.47. The van der Waals surface area contributed by atoms with Crippen LogP contribution in [0.4, 0.5) is 0 Å². The molecule has 0 fully saturated rings. The van der Waals surface area contributed by atoms with Crippen LogP contribution in [0.2, 0.25) is 0 Å². The first-order valence-corrected chi connectivity index (χ1v) is 8.29. The molecule has 3 heteroatoms. The first-order valence-electron chi connectivity index (χ1n) is 8.29. The number of carbonyl (C=O) groups is 1. The highest BCUT2D eigenvalue weighted by molar-refractivity contribution is 5.69. The van der Waals surface area contributed by atoms with Crippen molar-refractivity contribution < 1.29 is 14.6 Å². The molecule has 0 spiro atoms. The Labute approximate surface area is 145 Å². The topological polar surface area (TPSA) is 46.5 Å². The van der Waals surface area contributed by atoms with Crippen molar-refractivity contribution in [2.45, 2.75) is 46.0 Å². The molecular formula is C21H26O3. The molecule has 0 saturated heterocycles. The minimum Gasteiger partial charge on any atom is -0.489 e. The smallest absolute Gasteiger partial charge is 0.304 e. The Morgan fingerprint density at radius 1 is 1.33 bits per heavy atom. The average molecular weight is 326 g/mol. The van der Waals surface area contributed by atoms with Gasteiger partial charge in [0.15, 0.2) is 0 Å². The van der Waals surface area contributed by atoms with E-state index in [9.17, 15) is 4.79 Å². The maximum atomic E-state index is 10.9. The van der Waals surface area contributed by atoms with Gasteiger partial charge in [-0.3, -0.25) is 4.79 Å². The largest absolute Gasteiger partial charge is 0.489 e. The SMILES string of the molecule is CC#CC(CC(=O)O)c1ccc(OCC(/C=C\CCC)=C/C)cc1. The van der Waals surface area contributed by atoms with Crippen molar-refractivity contribution >= 4 is 5.97 Å². The highest BCUT2D eigenvalue weighted by atomic mass is 16.5. The van der Waals surface area contributed by atoms with Crippen molar-refractivity contribution in [1.29, 1.82) is 0 Å². The lowest BCUT2D eigenvalue weighted by molar-refractivity contribution is -0.137. The van der Waals surface area contributed by atoms with E-state index in [4.69, 9.17) is 9.84 Å². The molecule has 1 aromatic rings. The zero-order chi connectivity index (χ0) is 17.8. The number of allylic oxidation sites excluding steroid dienone is 2. The van der Waals surface area contributed by atoms with E-state index in [0.717, 1.165) is 29.7 Å². The lowest BCUT2D eigenvalue weighted by Crippen LogP contribution is -2.05. The highest BCUT2D eigenvalue weighted by Gasteiger charge is 2.13. The average Bonchev–Trinajstić information content (AvgIpc) is 2.58. The lowest BCUT2D eigenvalue weighted by atomic mass is 9.96. The molecule has 0 aromatic heterocycles. The minimum atomic E-state index is -0.848. The van der Waals surface area contributed by atoms with Gasteiger partial charge in [-0.05, 0) is 43.5 Å². The van der Waals surface area contributed by atoms with Crippen molar-refractivity contribution in [1.82, 2.24) is 0 Å². The Kier molecular flexibility index (Phi) is 9.07. The van der Waals surface area contributed by atoms with Crippen LogP contribution in [0, 0.1) is 11.8 Å². The number of hydrogen-bond acceptors (Lipinski definition) is 2. The molecule has 1 unspecified atom stereocenters. The maximum absolute atomic E-state index is 10.9. The molecular weight excluding hydrogens is 300 g/mol. The summed E-state index contributed by atoms with van der Waals surface area (Å²) in [5.41, 5.74) is 2.03. The van der Waals surface area contributed by atoms with E-state index in [0.29, 0.717) is 6.61 Å². The fourth-order valence-corrected chi connectivity index (χ4v) is 2.19. The molecule has 0 radical (unpaired) electrons. The number of aliphatic carboxylic acids is 1. The summed E-state index contributed by atoms with van der Waals surface area (Å²) in [5, 5.41) is 8.98. The molecule has 128 valence electrons. The predicted molar refractivity (Wildman–Crippen MR) is 98.2 cm³/mol. The summed E-state index contributed by atoms with van der Waals surface area (Å²) >= 11 is 0. The van der Waals surface area contributed by atoms with Gasteiger partial charge in [0.2, 0.25) is 0 Å². The number of unbranched alkanes of at least 4 members (excludes halogenated alkanes) is 1. The molecule has 0 heterocycles. The third-order valence-electron chi connectivity index (χ3n) is 3.54. The lowest BCUT2D eigenvalue weighted by Gasteiger charge is -2.11. The van der Waals surface area contributed by atoms with Crippen LogP contribution in [0.1, 0.15) is 51.5 Å². The standard InChI is InChI=1S/C21H26O3/c1-4-7-8-10-17(6-3)16-24-20-13-11-18(12-14-20)19(9-5-2)15-21(22)23/h6,8,10-14,19H,4,7,15-16H2,1-3H3,(H,22,23)/b10-8-,17-6+. The summed E-state index contributed by atoms with van der Waals surface area (Å²) in [5.74, 6) is 5.38. The Morgan fingerprint density at radius 2 is 2.04 bits per heavy atom. The van der Waals surface area contributed by atoms with Crippen LogP contribution in [0.25, 0.3) is 0 Å². The molecule has 0 amide bonds. The Bertz CT molecular complexity index is 627. The summed E-state index contributed by atoms with van der Waals surface area (Å²) in [6.45, 7) is 6.39. The number of benzene rings is 1. The van der Waals surface area contributed by atoms with Crippen LogP contribution < -0.4 is 4.74 Å².